The number of carbonyl (C=O) groups excluding carboxylic acids is 1. The molecule has 0 saturated heterocycles. The minimum Gasteiger partial charge on any atom is -0.273 e. The Morgan fingerprint density at radius 3 is 2.86 bits per heavy atom. The monoisotopic (exact) mass is 333 g/mol. The number of hydrazone groups is 1. The summed E-state index contributed by atoms with van der Waals surface area (Å²) in [6.07, 6.45) is 5.17. The van der Waals surface area contributed by atoms with Crippen LogP contribution in [-0.4, -0.2) is 22.9 Å². The number of hydrogen-bond acceptors (Lipinski definition) is 4. The Kier molecular flexibility index (Phi) is 6.43. The van der Waals surface area contributed by atoms with Gasteiger partial charge in [-0.3, -0.25) is 9.78 Å². The molecule has 0 bridgehead atoms. The third kappa shape index (κ3) is 5.16. The number of aromatic nitrogens is 1. The van der Waals surface area contributed by atoms with E-state index in [2.05, 4.69) is 22.4 Å². The Hall–Kier alpha value is -1.85. The maximum absolute atomic E-state index is 12.0. The van der Waals surface area contributed by atoms with Gasteiger partial charge < -0.3 is 0 Å². The van der Waals surface area contributed by atoms with Crippen LogP contribution in [0.4, 0.5) is 0 Å². The second kappa shape index (κ2) is 8.56. The Bertz CT molecular complexity index is 662. The molecule has 2 aromatic rings. The summed E-state index contributed by atoms with van der Waals surface area (Å²) >= 11 is 7.70. The van der Waals surface area contributed by atoms with Gasteiger partial charge in [0, 0.05) is 22.3 Å². The van der Waals surface area contributed by atoms with Gasteiger partial charge in [0.15, 0.2) is 0 Å². The van der Waals surface area contributed by atoms with Gasteiger partial charge in [-0.1, -0.05) is 18.5 Å². The molecule has 4 nitrogen and oxygen atoms in total. The molecular formula is C16H16ClN3OS. The second-order valence-electron chi connectivity index (χ2n) is 4.44. The number of pyridine rings is 1. The van der Waals surface area contributed by atoms with Crippen molar-refractivity contribution in [3.63, 3.8) is 0 Å². The molecule has 6 heteroatoms. The predicted octanol–water partition coefficient (Wildman–Crippen LogP) is 3.54. The van der Waals surface area contributed by atoms with Gasteiger partial charge in [-0.05, 0) is 47.2 Å². The number of halogens is 1. The molecule has 1 heterocycles. The molecular weight excluding hydrogens is 318 g/mol. The van der Waals surface area contributed by atoms with Crippen LogP contribution < -0.4 is 5.43 Å². The maximum atomic E-state index is 12.0. The third-order valence-electron chi connectivity index (χ3n) is 2.78. The fourth-order valence-corrected chi connectivity index (χ4v) is 2.81. The van der Waals surface area contributed by atoms with Crippen molar-refractivity contribution in [1.29, 1.82) is 0 Å². The first-order valence-electron chi connectivity index (χ1n) is 6.82. The van der Waals surface area contributed by atoms with Crippen molar-refractivity contribution in [2.24, 2.45) is 5.10 Å². The van der Waals surface area contributed by atoms with Crippen LogP contribution in [0.2, 0.25) is 5.02 Å². The normalized spacial score (nSPS) is 10.8. The summed E-state index contributed by atoms with van der Waals surface area (Å²) in [4.78, 5) is 17.0. The van der Waals surface area contributed by atoms with E-state index in [1.807, 2.05) is 30.3 Å². The minimum atomic E-state index is -0.175. The van der Waals surface area contributed by atoms with Crippen LogP contribution >= 0.6 is 23.4 Å². The standard InChI is InChI=1S/C16H16ClN3OS/c1-2-22-15-4-3-14(17)9-13(15)10-16(21)20-19-11-12-5-7-18-8-6-12/h3-9,11H,2,10H2,1H3,(H,20,21)/b19-11-. The van der Waals surface area contributed by atoms with Crippen LogP contribution in [0.15, 0.2) is 52.7 Å². The van der Waals surface area contributed by atoms with Crippen LogP contribution in [-0.2, 0) is 11.2 Å². The van der Waals surface area contributed by atoms with E-state index < -0.39 is 0 Å². The molecule has 0 atom stereocenters. The molecule has 22 heavy (non-hydrogen) atoms. The molecule has 0 unspecified atom stereocenters. The average molecular weight is 334 g/mol. The first-order chi connectivity index (χ1) is 10.7. The molecule has 0 fully saturated rings. The average Bonchev–Trinajstić information content (AvgIpc) is 2.51. The fraction of sp³-hybridized carbons (Fsp3) is 0.188. The molecule has 114 valence electrons. The SMILES string of the molecule is CCSc1ccc(Cl)cc1CC(=O)N/N=C\c1ccncc1. The Balaban J connectivity index is 1.97. The van der Waals surface area contributed by atoms with E-state index in [0.29, 0.717) is 5.02 Å². The Morgan fingerprint density at radius 2 is 2.14 bits per heavy atom. The van der Waals surface area contributed by atoms with Gasteiger partial charge in [-0.2, -0.15) is 5.10 Å². The van der Waals surface area contributed by atoms with E-state index in [-0.39, 0.29) is 12.3 Å². The first kappa shape index (κ1) is 16.5. The van der Waals surface area contributed by atoms with Gasteiger partial charge in [-0.25, -0.2) is 5.43 Å². The smallest absolute Gasteiger partial charge is 0.244 e. The molecule has 0 aliphatic rings. The van der Waals surface area contributed by atoms with E-state index in [0.717, 1.165) is 21.8 Å². The topological polar surface area (TPSA) is 54.4 Å². The van der Waals surface area contributed by atoms with Gasteiger partial charge >= 0.3 is 0 Å². The number of nitrogens with one attached hydrogen (secondary N) is 1. The molecule has 0 aliphatic heterocycles. The summed E-state index contributed by atoms with van der Waals surface area (Å²) in [7, 11) is 0. The quantitative estimate of drug-likeness (QED) is 0.500. The zero-order valence-electron chi connectivity index (χ0n) is 12.1. The van der Waals surface area contributed by atoms with Gasteiger partial charge in [-0.15, -0.1) is 11.8 Å². The Morgan fingerprint density at radius 1 is 1.36 bits per heavy atom. The van der Waals surface area contributed by atoms with Gasteiger partial charge in [0.25, 0.3) is 0 Å². The molecule has 1 N–H and O–H groups in total. The van der Waals surface area contributed by atoms with Gasteiger partial charge in [0.05, 0.1) is 12.6 Å². The van der Waals surface area contributed by atoms with Gasteiger partial charge in [0.2, 0.25) is 5.91 Å². The highest BCUT2D eigenvalue weighted by atomic mass is 35.5. The van der Waals surface area contributed by atoms with Crippen molar-refractivity contribution in [3.05, 3.63) is 58.9 Å². The lowest BCUT2D eigenvalue weighted by Gasteiger charge is -2.08. The number of carbonyl (C=O) groups is 1. The van der Waals surface area contributed by atoms with Crippen LogP contribution in [0, 0.1) is 0 Å². The van der Waals surface area contributed by atoms with E-state index in [1.165, 1.54) is 0 Å². The minimum absolute atomic E-state index is 0.175. The van der Waals surface area contributed by atoms with Crippen molar-refractivity contribution in [2.75, 3.05) is 5.75 Å². The molecule has 0 aliphatic carbocycles. The van der Waals surface area contributed by atoms with E-state index >= 15 is 0 Å². The van der Waals surface area contributed by atoms with Crippen molar-refractivity contribution in [1.82, 2.24) is 10.4 Å². The first-order valence-corrected chi connectivity index (χ1v) is 8.18. The highest BCUT2D eigenvalue weighted by Gasteiger charge is 2.08. The summed E-state index contributed by atoms with van der Waals surface area (Å²) in [5.74, 6) is 0.765. The lowest BCUT2D eigenvalue weighted by Crippen LogP contribution is -2.20. The van der Waals surface area contributed by atoms with E-state index in [9.17, 15) is 4.79 Å². The van der Waals surface area contributed by atoms with Crippen LogP contribution in [0.25, 0.3) is 0 Å². The lowest BCUT2D eigenvalue weighted by molar-refractivity contribution is -0.120. The third-order valence-corrected chi connectivity index (χ3v) is 4.02. The van der Waals surface area contributed by atoms with E-state index in [1.54, 1.807) is 30.4 Å². The lowest BCUT2D eigenvalue weighted by atomic mass is 10.1. The molecule has 1 aromatic heterocycles. The maximum Gasteiger partial charge on any atom is 0.244 e. The molecule has 0 spiro atoms. The van der Waals surface area contributed by atoms with Crippen molar-refractivity contribution < 1.29 is 4.79 Å². The number of nitrogens with zero attached hydrogens (tertiary/aromatic N) is 2. The zero-order valence-corrected chi connectivity index (χ0v) is 13.7. The summed E-state index contributed by atoms with van der Waals surface area (Å²) in [6, 6.07) is 9.22. The Labute approximate surface area is 139 Å². The summed E-state index contributed by atoms with van der Waals surface area (Å²) in [5, 5.41) is 4.57. The molecule has 2 rings (SSSR count). The number of benzene rings is 1. The number of rotatable bonds is 6. The van der Waals surface area contributed by atoms with Crippen LogP contribution in [0.5, 0.6) is 0 Å². The highest BCUT2D eigenvalue weighted by Crippen LogP contribution is 2.26. The van der Waals surface area contributed by atoms with Crippen molar-refractivity contribution >= 4 is 35.5 Å². The number of thioether (sulfide) groups is 1. The summed E-state index contributed by atoms with van der Waals surface area (Å²) < 4.78 is 0. The zero-order chi connectivity index (χ0) is 15.8. The highest BCUT2D eigenvalue weighted by molar-refractivity contribution is 7.99. The number of amides is 1. The molecule has 0 radical (unpaired) electrons. The van der Waals surface area contributed by atoms with Crippen LogP contribution in [0.1, 0.15) is 18.1 Å². The molecule has 0 saturated carbocycles. The predicted molar refractivity (Wildman–Crippen MR) is 91.5 cm³/mol. The number of hydrogen-bond donors (Lipinski definition) is 1. The second-order valence-corrected chi connectivity index (χ2v) is 6.18. The van der Waals surface area contributed by atoms with Gasteiger partial charge in [0.1, 0.15) is 0 Å². The summed E-state index contributed by atoms with van der Waals surface area (Å²) in [5.41, 5.74) is 4.31. The summed E-state index contributed by atoms with van der Waals surface area (Å²) in [6.45, 7) is 2.07. The largest absolute Gasteiger partial charge is 0.273 e. The van der Waals surface area contributed by atoms with E-state index in [4.69, 9.17) is 11.6 Å². The van der Waals surface area contributed by atoms with Crippen molar-refractivity contribution in [3.8, 4) is 0 Å². The van der Waals surface area contributed by atoms with Crippen molar-refractivity contribution in [2.45, 2.75) is 18.2 Å². The fourth-order valence-electron chi connectivity index (χ4n) is 1.82. The van der Waals surface area contributed by atoms with Crippen LogP contribution in [0.3, 0.4) is 0 Å². The molecule has 1 aromatic carbocycles. The molecule has 1 amide bonds.